The first-order valence-electron chi connectivity index (χ1n) is 5.72. The van der Waals surface area contributed by atoms with Gasteiger partial charge in [0, 0.05) is 6.92 Å². The molecule has 0 aromatic heterocycles. The van der Waals surface area contributed by atoms with Crippen LogP contribution in [0.4, 0.5) is 0 Å². The molecule has 0 aromatic carbocycles. The van der Waals surface area contributed by atoms with Crippen LogP contribution in [0.15, 0.2) is 0 Å². The summed E-state index contributed by atoms with van der Waals surface area (Å²) in [6, 6.07) is 0. The Labute approximate surface area is 88.2 Å². The molecule has 1 heteroatoms. The molecule has 1 aliphatic rings. The molecule has 0 bridgehead atoms. The van der Waals surface area contributed by atoms with E-state index < -0.39 is 0 Å². The van der Waals surface area contributed by atoms with Crippen molar-refractivity contribution in [3.8, 4) is 12.0 Å². The monoisotopic (exact) mass is 194 g/mol. The lowest BCUT2D eigenvalue weighted by atomic mass is 9.75. The first-order valence-corrected chi connectivity index (χ1v) is 5.72. The van der Waals surface area contributed by atoms with Gasteiger partial charge in [-0.25, -0.2) is 0 Å². The first kappa shape index (κ1) is 11.4. The smallest absolute Gasteiger partial charge is 0.114 e. The molecule has 3 unspecified atom stereocenters. The second kappa shape index (κ2) is 5.29. The van der Waals surface area contributed by atoms with E-state index in [0.717, 1.165) is 5.92 Å². The van der Waals surface area contributed by atoms with E-state index in [1.165, 1.54) is 19.3 Å². The van der Waals surface area contributed by atoms with Crippen LogP contribution in [-0.2, 0) is 4.74 Å². The zero-order valence-corrected chi connectivity index (χ0v) is 9.84. The summed E-state index contributed by atoms with van der Waals surface area (Å²) < 4.78 is 5.62. The Kier molecular flexibility index (Phi) is 4.32. The molecule has 1 rings (SSSR count). The van der Waals surface area contributed by atoms with E-state index in [0.29, 0.717) is 17.9 Å². The zero-order chi connectivity index (χ0) is 10.6. The molecular formula is C13H22O. The maximum absolute atomic E-state index is 5.62. The third kappa shape index (κ3) is 2.94. The van der Waals surface area contributed by atoms with E-state index in [4.69, 9.17) is 4.74 Å². The highest BCUT2D eigenvalue weighted by Gasteiger charge is 2.31. The van der Waals surface area contributed by atoms with Crippen LogP contribution >= 0.6 is 0 Å². The molecule has 0 radical (unpaired) electrons. The quantitative estimate of drug-likeness (QED) is 0.612. The molecule has 1 nitrogen and oxygen atoms in total. The largest absolute Gasteiger partial charge is 0.443 e. The van der Waals surface area contributed by atoms with Gasteiger partial charge < -0.3 is 4.74 Å². The van der Waals surface area contributed by atoms with Gasteiger partial charge in [0.05, 0.1) is 0 Å². The van der Waals surface area contributed by atoms with E-state index in [9.17, 15) is 0 Å². The SMILES string of the molecule is CC#COC1CC(C)CCC1C(C)C. The number of hydrogen-bond donors (Lipinski definition) is 0. The Bertz CT molecular complexity index is 221. The minimum atomic E-state index is 0.367. The highest BCUT2D eigenvalue weighted by molar-refractivity contribution is 4.90. The van der Waals surface area contributed by atoms with E-state index in [2.05, 4.69) is 32.8 Å². The molecule has 0 amide bonds. The predicted octanol–water partition coefficient (Wildman–Crippen LogP) is 3.44. The topological polar surface area (TPSA) is 9.23 Å². The van der Waals surface area contributed by atoms with Crippen molar-refractivity contribution in [3.05, 3.63) is 0 Å². The van der Waals surface area contributed by atoms with Crippen molar-refractivity contribution in [3.63, 3.8) is 0 Å². The Morgan fingerprint density at radius 3 is 2.57 bits per heavy atom. The van der Waals surface area contributed by atoms with Crippen LogP contribution in [-0.4, -0.2) is 6.10 Å². The van der Waals surface area contributed by atoms with Crippen LogP contribution in [0.5, 0.6) is 0 Å². The molecule has 0 heterocycles. The molecule has 14 heavy (non-hydrogen) atoms. The summed E-state index contributed by atoms with van der Waals surface area (Å²) >= 11 is 0. The summed E-state index contributed by atoms with van der Waals surface area (Å²) in [5.74, 6) is 5.03. The Balaban J connectivity index is 2.57. The summed E-state index contributed by atoms with van der Waals surface area (Å²) in [5.41, 5.74) is 0. The van der Waals surface area contributed by atoms with Gasteiger partial charge in [-0.05, 0) is 30.6 Å². The third-order valence-electron chi connectivity index (χ3n) is 3.27. The summed E-state index contributed by atoms with van der Waals surface area (Å²) in [6.45, 7) is 8.72. The van der Waals surface area contributed by atoms with Gasteiger partial charge in [-0.15, -0.1) is 0 Å². The Morgan fingerprint density at radius 1 is 1.29 bits per heavy atom. The maximum atomic E-state index is 5.62. The van der Waals surface area contributed by atoms with Crippen molar-refractivity contribution >= 4 is 0 Å². The first-order chi connectivity index (χ1) is 6.65. The van der Waals surface area contributed by atoms with Gasteiger partial charge in [-0.1, -0.05) is 33.1 Å². The molecule has 3 atom stereocenters. The normalized spacial score (nSPS) is 32.2. The molecular weight excluding hydrogens is 172 g/mol. The Morgan fingerprint density at radius 2 is 2.00 bits per heavy atom. The number of hydrogen-bond acceptors (Lipinski definition) is 1. The van der Waals surface area contributed by atoms with Crippen molar-refractivity contribution in [1.29, 1.82) is 0 Å². The lowest BCUT2D eigenvalue weighted by molar-refractivity contribution is 0.0252. The van der Waals surface area contributed by atoms with Crippen LogP contribution in [0.1, 0.15) is 47.0 Å². The van der Waals surface area contributed by atoms with Crippen molar-refractivity contribution in [2.45, 2.75) is 53.1 Å². The lowest BCUT2D eigenvalue weighted by Gasteiger charge is -2.35. The molecule has 1 aliphatic carbocycles. The molecule has 1 fully saturated rings. The Hall–Kier alpha value is -0.640. The van der Waals surface area contributed by atoms with Gasteiger partial charge in [-0.3, -0.25) is 0 Å². The fraction of sp³-hybridized carbons (Fsp3) is 0.846. The fourth-order valence-electron chi connectivity index (χ4n) is 2.38. The minimum Gasteiger partial charge on any atom is -0.443 e. The van der Waals surface area contributed by atoms with E-state index in [-0.39, 0.29) is 0 Å². The summed E-state index contributed by atoms with van der Waals surface area (Å²) in [5, 5.41) is 0. The van der Waals surface area contributed by atoms with Gasteiger partial charge in [0.1, 0.15) is 12.2 Å². The molecule has 0 aromatic rings. The molecule has 0 N–H and O–H groups in total. The minimum absolute atomic E-state index is 0.367. The van der Waals surface area contributed by atoms with E-state index >= 15 is 0 Å². The standard InChI is InChI=1S/C13H22O/c1-5-8-14-13-9-11(4)6-7-12(13)10(2)3/h10-13H,6-7,9H2,1-4H3. The molecule has 0 saturated heterocycles. The van der Waals surface area contributed by atoms with E-state index in [1.54, 1.807) is 0 Å². The number of rotatable bonds is 2. The molecule has 80 valence electrons. The van der Waals surface area contributed by atoms with Crippen molar-refractivity contribution < 1.29 is 4.74 Å². The van der Waals surface area contributed by atoms with Crippen molar-refractivity contribution in [2.75, 3.05) is 0 Å². The van der Waals surface area contributed by atoms with Crippen LogP contribution in [0.25, 0.3) is 0 Å². The van der Waals surface area contributed by atoms with Crippen LogP contribution < -0.4 is 0 Å². The summed E-state index contributed by atoms with van der Waals surface area (Å²) in [7, 11) is 0. The second-order valence-electron chi connectivity index (χ2n) is 4.83. The fourth-order valence-corrected chi connectivity index (χ4v) is 2.38. The average Bonchev–Trinajstić information content (AvgIpc) is 2.14. The molecule has 0 spiro atoms. The molecule has 1 saturated carbocycles. The van der Waals surface area contributed by atoms with Gasteiger partial charge >= 0.3 is 0 Å². The highest BCUT2D eigenvalue weighted by Crippen LogP contribution is 2.34. The van der Waals surface area contributed by atoms with Gasteiger partial charge in [0.15, 0.2) is 0 Å². The van der Waals surface area contributed by atoms with Crippen LogP contribution in [0, 0.1) is 29.8 Å². The predicted molar refractivity (Wildman–Crippen MR) is 59.7 cm³/mol. The van der Waals surface area contributed by atoms with Gasteiger partial charge in [-0.2, -0.15) is 0 Å². The van der Waals surface area contributed by atoms with Gasteiger partial charge in [0.2, 0.25) is 0 Å². The van der Waals surface area contributed by atoms with E-state index in [1.807, 2.05) is 6.92 Å². The summed E-state index contributed by atoms with van der Waals surface area (Å²) in [6.07, 6.45) is 6.97. The van der Waals surface area contributed by atoms with Crippen LogP contribution in [0.3, 0.4) is 0 Å². The summed E-state index contributed by atoms with van der Waals surface area (Å²) in [4.78, 5) is 0. The van der Waals surface area contributed by atoms with Crippen LogP contribution in [0.2, 0.25) is 0 Å². The van der Waals surface area contributed by atoms with Gasteiger partial charge in [0.25, 0.3) is 0 Å². The zero-order valence-electron chi connectivity index (χ0n) is 9.84. The average molecular weight is 194 g/mol. The van der Waals surface area contributed by atoms with Crippen molar-refractivity contribution in [2.24, 2.45) is 17.8 Å². The second-order valence-corrected chi connectivity index (χ2v) is 4.83. The lowest BCUT2D eigenvalue weighted by Crippen LogP contribution is -2.33. The molecule has 0 aliphatic heterocycles. The highest BCUT2D eigenvalue weighted by atomic mass is 16.5. The van der Waals surface area contributed by atoms with Crippen molar-refractivity contribution in [1.82, 2.24) is 0 Å². The maximum Gasteiger partial charge on any atom is 0.114 e. The number of ether oxygens (including phenoxy) is 1. The third-order valence-corrected chi connectivity index (χ3v) is 3.27.